The minimum atomic E-state index is -0.373. The smallest absolute Gasteiger partial charge is 0.212 e. The van der Waals surface area contributed by atoms with E-state index in [4.69, 9.17) is 4.74 Å². The molecule has 1 heterocycles. The third-order valence-electron chi connectivity index (χ3n) is 2.50. The van der Waals surface area contributed by atoms with Crippen molar-refractivity contribution < 1.29 is 9.84 Å². The van der Waals surface area contributed by atoms with Gasteiger partial charge in [0, 0.05) is 18.7 Å². The van der Waals surface area contributed by atoms with Crippen molar-refractivity contribution in [2.75, 3.05) is 7.11 Å². The highest BCUT2D eigenvalue weighted by molar-refractivity contribution is 5.18. The number of hydrogen-bond acceptors (Lipinski definition) is 3. The van der Waals surface area contributed by atoms with Crippen LogP contribution >= 0.6 is 0 Å². The Morgan fingerprint density at radius 1 is 1.56 bits per heavy atom. The van der Waals surface area contributed by atoms with Crippen molar-refractivity contribution in [3.05, 3.63) is 36.0 Å². The standard InChI is InChI=1S/C13H19NO2/c1-4-10(2)7-12(15)8-11-5-6-13(16-3)14-9-11/h5-6,9,12,15H,2,4,7-8H2,1,3H3. The molecule has 1 unspecified atom stereocenters. The van der Waals surface area contributed by atoms with Crippen LogP contribution in [0.5, 0.6) is 5.88 Å². The largest absolute Gasteiger partial charge is 0.481 e. The first kappa shape index (κ1) is 12.7. The summed E-state index contributed by atoms with van der Waals surface area (Å²) in [6.45, 7) is 5.93. The molecule has 0 aliphatic rings. The number of ether oxygens (including phenoxy) is 1. The van der Waals surface area contributed by atoms with Gasteiger partial charge in [-0.15, -0.1) is 0 Å². The second kappa shape index (κ2) is 6.28. The van der Waals surface area contributed by atoms with E-state index in [1.54, 1.807) is 19.4 Å². The molecule has 0 spiro atoms. The zero-order valence-electron chi connectivity index (χ0n) is 9.94. The SMILES string of the molecule is C=C(CC)CC(O)Cc1ccc(OC)nc1. The molecule has 0 saturated carbocycles. The Balaban J connectivity index is 2.49. The molecule has 0 aliphatic carbocycles. The Kier molecular flexibility index (Phi) is 4.99. The van der Waals surface area contributed by atoms with Crippen LogP contribution in [0, 0.1) is 0 Å². The van der Waals surface area contributed by atoms with Crippen molar-refractivity contribution in [2.45, 2.75) is 32.3 Å². The fraction of sp³-hybridized carbons (Fsp3) is 0.462. The molecule has 0 saturated heterocycles. The van der Waals surface area contributed by atoms with Gasteiger partial charge in [0.25, 0.3) is 0 Å². The van der Waals surface area contributed by atoms with E-state index in [2.05, 4.69) is 11.6 Å². The second-order valence-corrected chi connectivity index (χ2v) is 3.87. The van der Waals surface area contributed by atoms with Crippen LogP contribution in [0.1, 0.15) is 25.3 Å². The third-order valence-corrected chi connectivity index (χ3v) is 2.50. The van der Waals surface area contributed by atoms with Gasteiger partial charge in [0.05, 0.1) is 13.2 Å². The van der Waals surface area contributed by atoms with Crippen molar-refractivity contribution >= 4 is 0 Å². The molecule has 1 rings (SSSR count). The lowest BCUT2D eigenvalue weighted by atomic mass is 10.0. The number of pyridine rings is 1. The monoisotopic (exact) mass is 221 g/mol. The molecule has 1 aromatic rings. The summed E-state index contributed by atoms with van der Waals surface area (Å²) in [5.41, 5.74) is 2.09. The average molecular weight is 221 g/mol. The van der Waals surface area contributed by atoms with Crippen molar-refractivity contribution in [1.29, 1.82) is 0 Å². The van der Waals surface area contributed by atoms with Crippen LogP contribution in [0.2, 0.25) is 0 Å². The lowest BCUT2D eigenvalue weighted by molar-refractivity contribution is 0.174. The fourth-order valence-corrected chi connectivity index (χ4v) is 1.47. The van der Waals surface area contributed by atoms with E-state index in [1.807, 2.05) is 13.0 Å². The molecule has 16 heavy (non-hydrogen) atoms. The zero-order chi connectivity index (χ0) is 12.0. The average Bonchev–Trinajstić information content (AvgIpc) is 2.29. The molecule has 0 aromatic carbocycles. The van der Waals surface area contributed by atoms with E-state index in [0.29, 0.717) is 18.7 Å². The second-order valence-electron chi connectivity index (χ2n) is 3.87. The molecule has 3 heteroatoms. The van der Waals surface area contributed by atoms with Gasteiger partial charge in [0.2, 0.25) is 5.88 Å². The van der Waals surface area contributed by atoms with Gasteiger partial charge in [0.1, 0.15) is 0 Å². The number of hydrogen-bond donors (Lipinski definition) is 1. The molecule has 3 nitrogen and oxygen atoms in total. The number of rotatable bonds is 6. The summed E-state index contributed by atoms with van der Waals surface area (Å²) in [5.74, 6) is 0.594. The summed E-state index contributed by atoms with van der Waals surface area (Å²) in [6.07, 6.45) is 3.54. The Morgan fingerprint density at radius 2 is 2.31 bits per heavy atom. The molecule has 1 atom stereocenters. The molecule has 0 amide bonds. The van der Waals surface area contributed by atoms with Crippen LogP contribution < -0.4 is 4.74 Å². The molecule has 0 fully saturated rings. The van der Waals surface area contributed by atoms with Crippen LogP contribution in [0.25, 0.3) is 0 Å². The summed E-state index contributed by atoms with van der Waals surface area (Å²) in [4.78, 5) is 4.09. The van der Waals surface area contributed by atoms with Gasteiger partial charge in [-0.1, -0.05) is 25.1 Å². The van der Waals surface area contributed by atoms with Crippen molar-refractivity contribution in [3.8, 4) is 5.88 Å². The lowest BCUT2D eigenvalue weighted by Gasteiger charge is -2.11. The van der Waals surface area contributed by atoms with Gasteiger partial charge in [0.15, 0.2) is 0 Å². The Hall–Kier alpha value is -1.35. The summed E-state index contributed by atoms with van der Waals surface area (Å²) in [6, 6.07) is 3.72. The van der Waals surface area contributed by atoms with Crippen LogP contribution in [0.15, 0.2) is 30.5 Å². The minimum Gasteiger partial charge on any atom is -0.481 e. The molecule has 1 N–H and O–H groups in total. The topological polar surface area (TPSA) is 42.4 Å². The number of aliphatic hydroxyl groups excluding tert-OH is 1. The molecule has 0 bridgehead atoms. The Morgan fingerprint density at radius 3 is 2.81 bits per heavy atom. The van der Waals surface area contributed by atoms with Crippen LogP contribution in [0.4, 0.5) is 0 Å². The van der Waals surface area contributed by atoms with E-state index in [0.717, 1.165) is 17.6 Å². The minimum absolute atomic E-state index is 0.373. The van der Waals surface area contributed by atoms with E-state index in [-0.39, 0.29) is 6.10 Å². The molecular formula is C13H19NO2. The van der Waals surface area contributed by atoms with Crippen molar-refractivity contribution in [3.63, 3.8) is 0 Å². The highest BCUT2D eigenvalue weighted by Gasteiger charge is 2.07. The van der Waals surface area contributed by atoms with Crippen LogP contribution in [0.3, 0.4) is 0 Å². The van der Waals surface area contributed by atoms with Gasteiger partial charge >= 0.3 is 0 Å². The van der Waals surface area contributed by atoms with Crippen LogP contribution in [-0.4, -0.2) is 23.3 Å². The summed E-state index contributed by atoms with van der Waals surface area (Å²) < 4.78 is 4.97. The van der Waals surface area contributed by atoms with Crippen LogP contribution in [-0.2, 0) is 6.42 Å². The Bertz CT molecular complexity index is 332. The zero-order valence-corrected chi connectivity index (χ0v) is 9.94. The normalized spacial score (nSPS) is 12.2. The highest BCUT2D eigenvalue weighted by Crippen LogP contribution is 2.13. The van der Waals surface area contributed by atoms with Gasteiger partial charge in [-0.3, -0.25) is 0 Å². The predicted octanol–water partition coefficient (Wildman–Crippen LogP) is 2.35. The first-order valence-electron chi connectivity index (χ1n) is 5.49. The maximum absolute atomic E-state index is 9.81. The van der Waals surface area contributed by atoms with Gasteiger partial charge in [-0.05, 0) is 18.4 Å². The van der Waals surface area contributed by atoms with Crippen molar-refractivity contribution in [2.24, 2.45) is 0 Å². The maximum atomic E-state index is 9.81. The molecule has 0 radical (unpaired) electrons. The maximum Gasteiger partial charge on any atom is 0.212 e. The number of aromatic nitrogens is 1. The third kappa shape index (κ3) is 4.03. The summed E-state index contributed by atoms with van der Waals surface area (Å²) in [5, 5.41) is 9.81. The summed E-state index contributed by atoms with van der Waals surface area (Å²) >= 11 is 0. The molecule has 1 aromatic heterocycles. The highest BCUT2D eigenvalue weighted by atomic mass is 16.5. The summed E-state index contributed by atoms with van der Waals surface area (Å²) in [7, 11) is 1.59. The first-order valence-corrected chi connectivity index (χ1v) is 5.49. The van der Waals surface area contributed by atoms with E-state index in [9.17, 15) is 5.11 Å². The van der Waals surface area contributed by atoms with Gasteiger partial charge in [-0.25, -0.2) is 4.98 Å². The molecular weight excluding hydrogens is 202 g/mol. The predicted molar refractivity (Wildman–Crippen MR) is 64.5 cm³/mol. The number of nitrogens with zero attached hydrogens (tertiary/aromatic N) is 1. The van der Waals surface area contributed by atoms with Crippen molar-refractivity contribution in [1.82, 2.24) is 4.98 Å². The van der Waals surface area contributed by atoms with E-state index >= 15 is 0 Å². The number of methoxy groups -OCH3 is 1. The van der Waals surface area contributed by atoms with E-state index < -0.39 is 0 Å². The molecule has 0 aliphatic heterocycles. The lowest BCUT2D eigenvalue weighted by Crippen LogP contribution is -2.11. The van der Waals surface area contributed by atoms with Gasteiger partial charge in [-0.2, -0.15) is 0 Å². The fourth-order valence-electron chi connectivity index (χ4n) is 1.47. The van der Waals surface area contributed by atoms with E-state index in [1.165, 1.54) is 0 Å². The van der Waals surface area contributed by atoms with Gasteiger partial charge < -0.3 is 9.84 Å². The quantitative estimate of drug-likeness (QED) is 0.750. The molecule has 88 valence electrons. The number of aliphatic hydroxyl groups is 1. The Labute approximate surface area is 96.8 Å². The first-order chi connectivity index (χ1) is 7.65.